The number of non-ortho nitro benzene ring substituents is 1. The zero-order chi connectivity index (χ0) is 15.0. The lowest BCUT2D eigenvalue weighted by Crippen LogP contribution is -2.65. The summed E-state index contributed by atoms with van der Waals surface area (Å²) in [6, 6.07) is 6.16. The normalized spacial score (nSPS) is 20.0. The van der Waals surface area contributed by atoms with Crippen LogP contribution >= 0.6 is 11.8 Å². The van der Waals surface area contributed by atoms with Gasteiger partial charge in [0.2, 0.25) is 5.91 Å². The molecule has 1 heterocycles. The molecule has 0 spiro atoms. The Kier molecular flexibility index (Phi) is 3.62. The van der Waals surface area contributed by atoms with Crippen molar-refractivity contribution in [2.24, 2.45) is 5.92 Å². The smallest absolute Gasteiger partial charge is 0.269 e. The summed E-state index contributed by atoms with van der Waals surface area (Å²) in [5.41, 5.74) is -0.601. The van der Waals surface area contributed by atoms with Gasteiger partial charge in [-0.2, -0.15) is 0 Å². The average Bonchev–Trinajstić information content (AvgIpc) is 3.26. The fraction of sp³-hybridized carbons (Fsp3) is 0.500. The molecule has 0 radical (unpaired) electrons. The highest BCUT2D eigenvalue weighted by molar-refractivity contribution is 8.00. The first-order valence-electron chi connectivity index (χ1n) is 6.85. The topological polar surface area (TPSA) is 83.7 Å². The Labute approximate surface area is 126 Å². The average molecular weight is 308 g/mol. The molecule has 1 aromatic carbocycles. The first kappa shape index (κ1) is 14.3. The maximum Gasteiger partial charge on any atom is 0.269 e. The Morgan fingerprint density at radius 2 is 2.00 bits per heavy atom. The van der Waals surface area contributed by atoms with Crippen molar-refractivity contribution in [3.8, 4) is 0 Å². The zero-order valence-corrected chi connectivity index (χ0v) is 12.2. The van der Waals surface area contributed by atoms with Crippen molar-refractivity contribution in [2.45, 2.75) is 23.3 Å². The van der Waals surface area contributed by atoms with E-state index >= 15 is 0 Å². The molecule has 2 aliphatic rings. The number of thioether (sulfide) groups is 1. The number of amides is 1. The summed E-state index contributed by atoms with van der Waals surface area (Å²) < 4.78 is 0. The minimum Gasteiger partial charge on any atom is -0.386 e. The molecule has 6 nitrogen and oxygen atoms in total. The highest BCUT2D eigenvalue weighted by Crippen LogP contribution is 2.44. The first-order chi connectivity index (χ1) is 9.98. The number of nitro benzene ring substituents is 1. The number of β-amino-alcohol motifs (C(OH)–C–C–N with tert-alkyl or cyclic N) is 1. The van der Waals surface area contributed by atoms with Crippen LogP contribution in [-0.2, 0) is 4.79 Å². The van der Waals surface area contributed by atoms with E-state index in [2.05, 4.69) is 0 Å². The van der Waals surface area contributed by atoms with Gasteiger partial charge < -0.3 is 10.0 Å². The number of nitro groups is 1. The van der Waals surface area contributed by atoms with Gasteiger partial charge in [-0.25, -0.2) is 0 Å². The maximum atomic E-state index is 12.0. The standard InChI is InChI=1S/C14H16N2O4S/c17-13(15-8-14(18,9-15)10-1-2-10)7-21-12-5-3-11(4-6-12)16(19)20/h3-6,10,18H,1-2,7-9H2. The van der Waals surface area contributed by atoms with Gasteiger partial charge in [0.25, 0.3) is 5.69 Å². The molecule has 0 bridgehead atoms. The van der Waals surface area contributed by atoms with Gasteiger partial charge >= 0.3 is 0 Å². The molecule has 1 saturated carbocycles. The lowest BCUT2D eigenvalue weighted by atomic mass is 9.89. The van der Waals surface area contributed by atoms with E-state index in [-0.39, 0.29) is 11.6 Å². The lowest BCUT2D eigenvalue weighted by molar-refractivity contribution is -0.384. The van der Waals surface area contributed by atoms with Gasteiger partial charge in [-0.15, -0.1) is 11.8 Å². The maximum absolute atomic E-state index is 12.0. The summed E-state index contributed by atoms with van der Waals surface area (Å²) in [5, 5.41) is 20.7. The Morgan fingerprint density at radius 3 is 2.52 bits per heavy atom. The Balaban J connectivity index is 1.47. The van der Waals surface area contributed by atoms with Gasteiger partial charge in [0.1, 0.15) is 5.60 Å². The largest absolute Gasteiger partial charge is 0.386 e. The number of hydrogen-bond donors (Lipinski definition) is 1. The van der Waals surface area contributed by atoms with Gasteiger partial charge in [0.05, 0.1) is 23.8 Å². The minimum atomic E-state index is -0.645. The van der Waals surface area contributed by atoms with E-state index in [1.54, 1.807) is 17.0 Å². The van der Waals surface area contributed by atoms with Crippen LogP contribution in [0.25, 0.3) is 0 Å². The van der Waals surface area contributed by atoms with Crippen molar-refractivity contribution in [1.82, 2.24) is 4.90 Å². The van der Waals surface area contributed by atoms with E-state index in [0.29, 0.717) is 24.8 Å². The number of benzene rings is 1. The van der Waals surface area contributed by atoms with Gasteiger partial charge in [-0.05, 0) is 30.9 Å². The van der Waals surface area contributed by atoms with Crippen LogP contribution in [0.15, 0.2) is 29.2 Å². The van der Waals surface area contributed by atoms with Crippen molar-refractivity contribution < 1.29 is 14.8 Å². The lowest BCUT2D eigenvalue weighted by Gasteiger charge is -2.47. The molecule has 1 amide bonds. The van der Waals surface area contributed by atoms with Gasteiger partial charge in [-0.1, -0.05) is 0 Å². The van der Waals surface area contributed by atoms with E-state index < -0.39 is 10.5 Å². The second-order valence-electron chi connectivity index (χ2n) is 5.67. The van der Waals surface area contributed by atoms with Crippen LogP contribution in [-0.4, -0.2) is 45.3 Å². The summed E-state index contributed by atoms with van der Waals surface area (Å²) in [6.07, 6.45) is 2.13. The molecule has 1 aromatic rings. The molecule has 7 heteroatoms. The second kappa shape index (κ2) is 5.31. The van der Waals surface area contributed by atoms with Crippen LogP contribution in [0.3, 0.4) is 0 Å². The van der Waals surface area contributed by atoms with E-state index in [0.717, 1.165) is 17.7 Å². The number of aliphatic hydroxyl groups is 1. The zero-order valence-electron chi connectivity index (χ0n) is 11.4. The number of nitrogens with zero attached hydrogens (tertiary/aromatic N) is 2. The van der Waals surface area contributed by atoms with Crippen LogP contribution < -0.4 is 0 Å². The molecule has 1 saturated heterocycles. The van der Waals surface area contributed by atoms with Crippen molar-refractivity contribution in [3.05, 3.63) is 34.4 Å². The monoisotopic (exact) mass is 308 g/mol. The Morgan fingerprint density at radius 1 is 1.38 bits per heavy atom. The summed E-state index contributed by atoms with van der Waals surface area (Å²) in [6.45, 7) is 0.884. The van der Waals surface area contributed by atoms with Crippen molar-refractivity contribution >= 4 is 23.4 Å². The van der Waals surface area contributed by atoms with Crippen LogP contribution in [0.4, 0.5) is 5.69 Å². The third-order valence-corrected chi connectivity index (χ3v) is 5.03. The van der Waals surface area contributed by atoms with Crippen LogP contribution in [0.2, 0.25) is 0 Å². The fourth-order valence-electron chi connectivity index (χ4n) is 2.57. The molecule has 1 aliphatic heterocycles. The predicted molar refractivity (Wildman–Crippen MR) is 78.1 cm³/mol. The Hall–Kier alpha value is -1.60. The number of carbonyl (C=O) groups excluding carboxylic acids is 1. The molecular weight excluding hydrogens is 292 g/mol. The van der Waals surface area contributed by atoms with E-state index in [1.807, 2.05) is 0 Å². The van der Waals surface area contributed by atoms with Crippen LogP contribution in [0.1, 0.15) is 12.8 Å². The number of carbonyl (C=O) groups is 1. The van der Waals surface area contributed by atoms with Gasteiger partial charge in [0, 0.05) is 17.0 Å². The molecule has 0 atom stereocenters. The molecule has 112 valence electrons. The van der Waals surface area contributed by atoms with E-state index in [9.17, 15) is 20.0 Å². The highest BCUT2D eigenvalue weighted by Gasteiger charge is 2.53. The fourth-order valence-corrected chi connectivity index (χ4v) is 3.37. The van der Waals surface area contributed by atoms with Crippen molar-refractivity contribution in [1.29, 1.82) is 0 Å². The van der Waals surface area contributed by atoms with Gasteiger partial charge in [-0.3, -0.25) is 14.9 Å². The molecule has 0 aromatic heterocycles. The number of rotatable bonds is 5. The number of likely N-dealkylation sites (tertiary alicyclic amines) is 1. The summed E-state index contributed by atoms with van der Waals surface area (Å²) in [7, 11) is 0. The number of hydrogen-bond acceptors (Lipinski definition) is 5. The van der Waals surface area contributed by atoms with Gasteiger partial charge in [0.15, 0.2) is 0 Å². The quantitative estimate of drug-likeness (QED) is 0.508. The van der Waals surface area contributed by atoms with Crippen molar-refractivity contribution in [3.63, 3.8) is 0 Å². The second-order valence-corrected chi connectivity index (χ2v) is 6.72. The molecule has 3 rings (SSSR count). The molecule has 1 aliphatic carbocycles. The Bertz CT molecular complexity index is 565. The summed E-state index contributed by atoms with van der Waals surface area (Å²) in [5.74, 6) is 0.672. The third-order valence-electron chi connectivity index (χ3n) is 4.03. The molecular formula is C14H16N2O4S. The van der Waals surface area contributed by atoms with E-state index in [1.165, 1.54) is 23.9 Å². The molecule has 1 N–H and O–H groups in total. The van der Waals surface area contributed by atoms with Crippen molar-refractivity contribution in [2.75, 3.05) is 18.8 Å². The van der Waals surface area contributed by atoms with Crippen LogP contribution in [0.5, 0.6) is 0 Å². The SMILES string of the molecule is O=C(CSc1ccc([N+](=O)[O-])cc1)N1CC(O)(C2CC2)C1. The third kappa shape index (κ3) is 3.03. The van der Waals surface area contributed by atoms with Crippen LogP contribution in [0, 0.1) is 16.0 Å². The summed E-state index contributed by atoms with van der Waals surface area (Å²) in [4.78, 5) is 24.6. The summed E-state index contributed by atoms with van der Waals surface area (Å²) >= 11 is 1.36. The highest BCUT2D eigenvalue weighted by atomic mass is 32.2. The molecule has 0 unspecified atom stereocenters. The molecule has 2 fully saturated rings. The molecule has 21 heavy (non-hydrogen) atoms. The van der Waals surface area contributed by atoms with E-state index in [4.69, 9.17) is 0 Å². The minimum absolute atomic E-state index is 0.00341. The first-order valence-corrected chi connectivity index (χ1v) is 7.84. The predicted octanol–water partition coefficient (Wildman–Crippen LogP) is 1.67.